The van der Waals surface area contributed by atoms with Gasteiger partial charge in [-0.05, 0) is 19.9 Å². The van der Waals surface area contributed by atoms with Crippen LogP contribution < -0.4 is 5.56 Å². The van der Waals surface area contributed by atoms with Gasteiger partial charge in [-0.3, -0.25) is 9.59 Å². The van der Waals surface area contributed by atoms with E-state index in [1.54, 1.807) is 20.9 Å². The fourth-order valence-corrected chi connectivity index (χ4v) is 1.27. The maximum absolute atomic E-state index is 11.7. The minimum Gasteiger partial charge on any atom is -0.507 e. The van der Waals surface area contributed by atoms with Gasteiger partial charge in [-0.2, -0.15) is 0 Å². The van der Waals surface area contributed by atoms with Gasteiger partial charge in [-0.15, -0.1) is 0 Å². The van der Waals surface area contributed by atoms with E-state index < -0.39 is 11.3 Å². The van der Waals surface area contributed by atoms with Crippen molar-refractivity contribution in [2.24, 2.45) is 7.05 Å². The normalized spacial score (nSPS) is 10.9. The zero-order valence-electron chi connectivity index (χ0n) is 8.94. The molecule has 0 saturated heterocycles. The zero-order chi connectivity index (χ0) is 11.6. The minimum absolute atomic E-state index is 0.179. The molecule has 1 aromatic rings. The number of ketones is 1. The van der Waals surface area contributed by atoms with Crippen molar-refractivity contribution in [1.82, 2.24) is 4.57 Å². The van der Waals surface area contributed by atoms with Gasteiger partial charge in [0.15, 0.2) is 5.78 Å². The summed E-state index contributed by atoms with van der Waals surface area (Å²) in [6, 6.07) is 1.40. The van der Waals surface area contributed by atoms with Crippen LogP contribution in [0.3, 0.4) is 0 Å². The van der Waals surface area contributed by atoms with Crippen molar-refractivity contribution >= 4 is 5.78 Å². The molecule has 0 saturated carbocycles. The first-order valence-electron chi connectivity index (χ1n) is 4.55. The molecule has 1 aromatic heterocycles. The molecule has 0 aliphatic heterocycles. The summed E-state index contributed by atoms with van der Waals surface area (Å²) in [7, 11) is 1.56. The van der Waals surface area contributed by atoms with Gasteiger partial charge in [0.25, 0.3) is 5.56 Å². The summed E-state index contributed by atoms with van der Waals surface area (Å²) in [5.74, 6) is -0.741. The average molecular weight is 207 g/mol. The lowest BCUT2D eigenvalue weighted by molar-refractivity contribution is 0.104. The lowest BCUT2D eigenvalue weighted by atomic mass is 10.1. The molecule has 4 heteroatoms. The lowest BCUT2D eigenvalue weighted by Gasteiger charge is -2.06. The van der Waals surface area contributed by atoms with Gasteiger partial charge in [-0.25, -0.2) is 0 Å². The fraction of sp³-hybridized carbons (Fsp3) is 0.273. The number of pyridine rings is 1. The highest BCUT2D eigenvalue weighted by molar-refractivity contribution is 6.06. The van der Waals surface area contributed by atoms with Gasteiger partial charge >= 0.3 is 0 Å². The van der Waals surface area contributed by atoms with Crippen molar-refractivity contribution in [2.75, 3.05) is 0 Å². The first kappa shape index (κ1) is 11.2. The molecule has 15 heavy (non-hydrogen) atoms. The third-order valence-corrected chi connectivity index (χ3v) is 2.21. The molecule has 0 aromatic carbocycles. The molecule has 0 radical (unpaired) electrons. The molecule has 0 aliphatic carbocycles. The molecule has 0 amide bonds. The molecule has 0 atom stereocenters. The monoisotopic (exact) mass is 207 g/mol. The van der Waals surface area contributed by atoms with E-state index in [-0.39, 0.29) is 11.3 Å². The summed E-state index contributed by atoms with van der Waals surface area (Å²) in [6.07, 6.45) is 2.78. The second-order valence-electron chi connectivity index (χ2n) is 3.27. The first-order chi connectivity index (χ1) is 6.99. The number of carbonyl (C=O) groups is 1. The van der Waals surface area contributed by atoms with Crippen molar-refractivity contribution in [3.05, 3.63) is 39.8 Å². The number of hydrogen-bond acceptors (Lipinski definition) is 3. The van der Waals surface area contributed by atoms with Crippen LogP contribution in [-0.4, -0.2) is 15.5 Å². The Labute approximate surface area is 87.5 Å². The van der Waals surface area contributed by atoms with Crippen LogP contribution >= 0.6 is 0 Å². The molecular formula is C11H13NO3. The third kappa shape index (κ3) is 1.98. The highest BCUT2D eigenvalue weighted by atomic mass is 16.3. The van der Waals surface area contributed by atoms with Crippen LogP contribution in [0.5, 0.6) is 5.75 Å². The minimum atomic E-state index is -0.476. The molecule has 0 fully saturated rings. The Hall–Kier alpha value is -1.84. The number of allylic oxidation sites excluding steroid dienone is 2. The van der Waals surface area contributed by atoms with E-state index in [2.05, 4.69) is 0 Å². The molecule has 1 heterocycles. The predicted octanol–water partition coefficient (Wildman–Crippen LogP) is 1.16. The van der Waals surface area contributed by atoms with Gasteiger partial charge in [0.2, 0.25) is 0 Å². The van der Waals surface area contributed by atoms with Gasteiger partial charge < -0.3 is 9.67 Å². The van der Waals surface area contributed by atoms with Crippen LogP contribution in [0.2, 0.25) is 0 Å². The van der Waals surface area contributed by atoms with Crippen LogP contribution in [-0.2, 0) is 7.05 Å². The smallest absolute Gasteiger partial charge is 0.265 e. The summed E-state index contributed by atoms with van der Waals surface area (Å²) in [6.45, 7) is 3.36. The number of aryl methyl sites for hydroxylation is 1. The Bertz CT molecular complexity index is 483. The van der Waals surface area contributed by atoms with E-state index in [9.17, 15) is 14.7 Å². The molecule has 0 aliphatic rings. The van der Waals surface area contributed by atoms with Gasteiger partial charge in [0.1, 0.15) is 11.3 Å². The second-order valence-corrected chi connectivity index (χ2v) is 3.27. The van der Waals surface area contributed by atoms with Crippen LogP contribution in [0.4, 0.5) is 0 Å². The van der Waals surface area contributed by atoms with Crippen LogP contribution in [0.25, 0.3) is 0 Å². The summed E-state index contributed by atoms with van der Waals surface area (Å²) in [4.78, 5) is 23.2. The Morgan fingerprint density at radius 2 is 2.13 bits per heavy atom. The maximum atomic E-state index is 11.7. The van der Waals surface area contributed by atoms with Crippen molar-refractivity contribution < 1.29 is 9.90 Å². The Kier molecular flexibility index (Phi) is 3.09. The number of hydrogen-bond donors (Lipinski definition) is 1. The van der Waals surface area contributed by atoms with E-state index in [4.69, 9.17) is 0 Å². The highest BCUT2D eigenvalue weighted by Crippen LogP contribution is 2.14. The van der Waals surface area contributed by atoms with Crippen LogP contribution in [0.15, 0.2) is 23.0 Å². The number of carbonyl (C=O) groups excluding carboxylic acids is 1. The van der Waals surface area contributed by atoms with Crippen LogP contribution in [0.1, 0.15) is 23.0 Å². The summed E-state index contributed by atoms with van der Waals surface area (Å²) in [5, 5.41) is 9.53. The number of aromatic nitrogens is 1. The highest BCUT2D eigenvalue weighted by Gasteiger charge is 2.15. The Morgan fingerprint density at radius 1 is 1.53 bits per heavy atom. The molecule has 0 bridgehead atoms. The largest absolute Gasteiger partial charge is 0.507 e. The SMILES string of the molecule is C/C=C/C(=O)c1c(O)cc(C)n(C)c1=O. The molecule has 0 spiro atoms. The van der Waals surface area contributed by atoms with E-state index in [0.717, 1.165) is 0 Å². The summed E-state index contributed by atoms with van der Waals surface area (Å²) < 4.78 is 1.33. The molecular weight excluding hydrogens is 194 g/mol. The quantitative estimate of drug-likeness (QED) is 0.584. The zero-order valence-corrected chi connectivity index (χ0v) is 8.94. The number of nitrogens with zero attached hydrogens (tertiary/aromatic N) is 1. The number of aromatic hydroxyl groups is 1. The van der Waals surface area contributed by atoms with Crippen molar-refractivity contribution in [2.45, 2.75) is 13.8 Å². The molecule has 1 rings (SSSR count). The Balaban J connectivity index is 3.50. The molecule has 1 N–H and O–H groups in total. The summed E-state index contributed by atoms with van der Waals surface area (Å²) >= 11 is 0. The van der Waals surface area contributed by atoms with E-state index in [1.807, 2.05) is 0 Å². The maximum Gasteiger partial charge on any atom is 0.265 e. The molecule has 80 valence electrons. The van der Waals surface area contributed by atoms with Crippen molar-refractivity contribution in [1.29, 1.82) is 0 Å². The van der Waals surface area contributed by atoms with Gasteiger partial charge in [-0.1, -0.05) is 6.08 Å². The Morgan fingerprint density at radius 3 is 2.67 bits per heavy atom. The predicted molar refractivity (Wildman–Crippen MR) is 57.2 cm³/mol. The topological polar surface area (TPSA) is 59.3 Å². The fourth-order valence-electron chi connectivity index (χ4n) is 1.27. The van der Waals surface area contributed by atoms with Crippen molar-refractivity contribution in [3.63, 3.8) is 0 Å². The first-order valence-corrected chi connectivity index (χ1v) is 4.55. The van der Waals surface area contributed by atoms with Gasteiger partial charge in [0, 0.05) is 18.8 Å². The third-order valence-electron chi connectivity index (χ3n) is 2.21. The summed E-state index contributed by atoms with van der Waals surface area (Å²) in [5.41, 5.74) is -0.0497. The van der Waals surface area contributed by atoms with Crippen molar-refractivity contribution in [3.8, 4) is 5.75 Å². The van der Waals surface area contributed by atoms with E-state index in [0.29, 0.717) is 5.69 Å². The molecule has 4 nitrogen and oxygen atoms in total. The number of rotatable bonds is 2. The molecule has 0 unspecified atom stereocenters. The second kappa shape index (κ2) is 4.13. The van der Waals surface area contributed by atoms with Crippen LogP contribution in [0, 0.1) is 6.92 Å². The average Bonchev–Trinajstić information content (AvgIpc) is 2.15. The lowest BCUT2D eigenvalue weighted by Crippen LogP contribution is -2.25. The van der Waals surface area contributed by atoms with E-state index in [1.165, 1.54) is 22.8 Å². The van der Waals surface area contributed by atoms with Gasteiger partial charge in [0.05, 0.1) is 0 Å². The van der Waals surface area contributed by atoms with E-state index >= 15 is 0 Å². The standard InChI is InChI=1S/C11H13NO3/c1-4-5-8(13)10-9(14)6-7(2)12(3)11(10)15/h4-6,14H,1-3H3/b5-4+.